The van der Waals surface area contributed by atoms with Gasteiger partial charge in [0.15, 0.2) is 0 Å². The Balaban J connectivity index is 2.17. The lowest BCUT2D eigenvalue weighted by Gasteiger charge is -2.24. The maximum absolute atomic E-state index is 5.16. The van der Waals surface area contributed by atoms with Crippen molar-refractivity contribution in [2.24, 2.45) is 0 Å². The van der Waals surface area contributed by atoms with Crippen LogP contribution in [0.4, 0.5) is 0 Å². The van der Waals surface area contributed by atoms with Crippen LogP contribution < -0.4 is 0 Å². The lowest BCUT2D eigenvalue weighted by atomic mass is 10.4. The van der Waals surface area contributed by atoms with Crippen LogP contribution >= 0.6 is 0 Å². The van der Waals surface area contributed by atoms with E-state index in [1.54, 1.807) is 0 Å². The van der Waals surface area contributed by atoms with Gasteiger partial charge in [-0.05, 0) is 0 Å². The van der Waals surface area contributed by atoms with Crippen LogP contribution in [-0.4, -0.2) is 37.7 Å². The highest BCUT2D eigenvalue weighted by Crippen LogP contribution is 1.93. The SMILES string of the molecule is [CH]C#CCN1CCOCC1. The fourth-order valence-electron chi connectivity index (χ4n) is 0.917. The number of hydrogen-bond donors (Lipinski definition) is 0. The molecule has 1 aliphatic heterocycles. The molecule has 0 spiro atoms. The van der Waals surface area contributed by atoms with Gasteiger partial charge in [-0.1, -0.05) is 11.8 Å². The summed E-state index contributed by atoms with van der Waals surface area (Å²) in [4.78, 5) is 2.23. The van der Waals surface area contributed by atoms with Crippen molar-refractivity contribution in [3.8, 4) is 11.8 Å². The second kappa shape index (κ2) is 4.32. The Morgan fingerprint density at radius 3 is 2.70 bits per heavy atom. The minimum atomic E-state index is 0.778. The van der Waals surface area contributed by atoms with E-state index in [9.17, 15) is 0 Å². The monoisotopic (exact) mass is 137 g/mol. The number of nitrogens with zero attached hydrogens (tertiary/aromatic N) is 1. The lowest BCUT2D eigenvalue weighted by molar-refractivity contribution is 0.0443. The molecule has 2 heteroatoms. The van der Waals surface area contributed by atoms with Crippen LogP contribution in [0.1, 0.15) is 0 Å². The lowest BCUT2D eigenvalue weighted by Crippen LogP contribution is -2.36. The van der Waals surface area contributed by atoms with Crippen molar-refractivity contribution in [2.45, 2.75) is 0 Å². The third-order valence-electron chi connectivity index (χ3n) is 1.51. The van der Waals surface area contributed by atoms with E-state index in [4.69, 9.17) is 11.7 Å². The quantitative estimate of drug-likeness (QED) is 0.473. The van der Waals surface area contributed by atoms with Gasteiger partial charge in [-0.25, -0.2) is 0 Å². The van der Waals surface area contributed by atoms with Crippen LogP contribution in [0.5, 0.6) is 0 Å². The van der Waals surface area contributed by atoms with Crippen molar-refractivity contribution in [3.63, 3.8) is 0 Å². The first-order valence-corrected chi connectivity index (χ1v) is 3.42. The van der Waals surface area contributed by atoms with E-state index in [0.29, 0.717) is 0 Å². The molecule has 1 fully saturated rings. The number of morpholine rings is 1. The minimum Gasteiger partial charge on any atom is -0.379 e. The van der Waals surface area contributed by atoms with Gasteiger partial charge in [0.2, 0.25) is 0 Å². The van der Waals surface area contributed by atoms with Crippen molar-refractivity contribution in [1.29, 1.82) is 0 Å². The Hall–Kier alpha value is -0.520. The first kappa shape index (κ1) is 7.59. The summed E-state index contributed by atoms with van der Waals surface area (Å²) in [6, 6.07) is 0. The standard InChI is InChI=1S/C8H11NO/c1-2-3-4-9-5-7-10-8-6-9/h1H,4-8H2. The molecule has 0 aliphatic carbocycles. The van der Waals surface area contributed by atoms with E-state index in [2.05, 4.69) is 16.7 Å². The molecule has 0 aromatic heterocycles. The fourth-order valence-corrected chi connectivity index (χ4v) is 0.917. The molecule has 1 rings (SSSR count). The first-order valence-electron chi connectivity index (χ1n) is 3.42. The highest BCUT2D eigenvalue weighted by Gasteiger charge is 2.07. The third kappa shape index (κ3) is 2.38. The van der Waals surface area contributed by atoms with Crippen LogP contribution in [0.3, 0.4) is 0 Å². The molecular formula is C8H11NO. The maximum Gasteiger partial charge on any atom is 0.0603 e. The topological polar surface area (TPSA) is 12.5 Å². The molecule has 0 amide bonds. The molecule has 1 saturated heterocycles. The second-order valence-corrected chi connectivity index (χ2v) is 2.21. The molecule has 1 aliphatic rings. The highest BCUT2D eigenvalue weighted by molar-refractivity contribution is 5.03. The highest BCUT2D eigenvalue weighted by atomic mass is 16.5. The summed E-state index contributed by atoms with van der Waals surface area (Å²) in [5.74, 6) is 5.20. The molecule has 2 radical (unpaired) electrons. The zero-order valence-corrected chi connectivity index (χ0v) is 5.97. The zero-order chi connectivity index (χ0) is 7.23. The van der Waals surface area contributed by atoms with E-state index in [-0.39, 0.29) is 0 Å². The van der Waals surface area contributed by atoms with Gasteiger partial charge >= 0.3 is 0 Å². The molecule has 0 bridgehead atoms. The number of hydrogen-bond acceptors (Lipinski definition) is 2. The Morgan fingerprint density at radius 1 is 1.40 bits per heavy atom. The van der Waals surface area contributed by atoms with E-state index < -0.39 is 0 Å². The largest absolute Gasteiger partial charge is 0.379 e. The van der Waals surface area contributed by atoms with E-state index in [0.717, 1.165) is 32.8 Å². The molecule has 0 aromatic carbocycles. The van der Waals surface area contributed by atoms with Crippen LogP contribution in [-0.2, 0) is 4.74 Å². The predicted octanol–water partition coefficient (Wildman–Crippen LogP) is 0.0331. The van der Waals surface area contributed by atoms with Gasteiger partial charge in [0, 0.05) is 13.1 Å². The van der Waals surface area contributed by atoms with E-state index in [1.807, 2.05) is 0 Å². The molecule has 2 nitrogen and oxygen atoms in total. The summed E-state index contributed by atoms with van der Waals surface area (Å²) in [7, 11) is 0. The second-order valence-electron chi connectivity index (χ2n) is 2.21. The maximum atomic E-state index is 5.16. The molecule has 0 N–H and O–H groups in total. The van der Waals surface area contributed by atoms with Gasteiger partial charge in [-0.3, -0.25) is 4.90 Å². The molecule has 54 valence electrons. The number of rotatable bonds is 1. The first-order chi connectivity index (χ1) is 4.93. The normalized spacial score (nSPS) is 19.7. The van der Waals surface area contributed by atoms with Gasteiger partial charge < -0.3 is 4.74 Å². The van der Waals surface area contributed by atoms with Gasteiger partial charge in [0.25, 0.3) is 0 Å². The number of ether oxygens (including phenoxy) is 1. The molecular weight excluding hydrogens is 126 g/mol. The van der Waals surface area contributed by atoms with Crippen LogP contribution in [0, 0.1) is 18.8 Å². The van der Waals surface area contributed by atoms with Gasteiger partial charge in [0.05, 0.1) is 26.7 Å². The van der Waals surface area contributed by atoms with Gasteiger partial charge in [0.1, 0.15) is 0 Å². The van der Waals surface area contributed by atoms with E-state index >= 15 is 0 Å². The molecule has 0 saturated carbocycles. The Morgan fingerprint density at radius 2 is 2.10 bits per heavy atom. The summed E-state index contributed by atoms with van der Waals surface area (Å²) >= 11 is 0. The van der Waals surface area contributed by atoms with Crippen molar-refractivity contribution < 1.29 is 4.74 Å². The molecule has 0 atom stereocenters. The molecule has 10 heavy (non-hydrogen) atoms. The van der Waals surface area contributed by atoms with Crippen molar-refractivity contribution in [3.05, 3.63) is 6.92 Å². The minimum absolute atomic E-state index is 0.778. The molecule has 1 heterocycles. The summed E-state index contributed by atoms with van der Waals surface area (Å²) < 4.78 is 5.16. The van der Waals surface area contributed by atoms with Crippen molar-refractivity contribution in [2.75, 3.05) is 32.8 Å². The summed E-state index contributed by atoms with van der Waals surface area (Å²) in [5.41, 5.74) is 0. The Labute approximate surface area is 62.2 Å². The van der Waals surface area contributed by atoms with Gasteiger partial charge in [-0.15, -0.1) is 0 Å². The molecule has 0 unspecified atom stereocenters. The Kier molecular flexibility index (Phi) is 3.28. The smallest absolute Gasteiger partial charge is 0.0603 e. The van der Waals surface area contributed by atoms with Crippen LogP contribution in [0.2, 0.25) is 0 Å². The predicted molar refractivity (Wildman–Crippen MR) is 39.3 cm³/mol. The average Bonchev–Trinajstić information content (AvgIpc) is 2.03. The summed E-state index contributed by atoms with van der Waals surface area (Å²) in [6.45, 7) is 9.42. The summed E-state index contributed by atoms with van der Waals surface area (Å²) in [6.07, 6.45) is 0. The van der Waals surface area contributed by atoms with Crippen molar-refractivity contribution in [1.82, 2.24) is 4.90 Å². The Bertz CT molecular complexity index is 139. The summed E-state index contributed by atoms with van der Waals surface area (Å²) in [5, 5.41) is 0. The van der Waals surface area contributed by atoms with Gasteiger partial charge in [-0.2, -0.15) is 0 Å². The zero-order valence-electron chi connectivity index (χ0n) is 5.97. The third-order valence-corrected chi connectivity index (χ3v) is 1.51. The fraction of sp³-hybridized carbons (Fsp3) is 0.625. The van der Waals surface area contributed by atoms with E-state index in [1.165, 1.54) is 0 Å². The van der Waals surface area contributed by atoms with Crippen LogP contribution in [0.25, 0.3) is 0 Å². The average molecular weight is 137 g/mol. The molecule has 0 aromatic rings. The van der Waals surface area contributed by atoms with Crippen molar-refractivity contribution >= 4 is 0 Å². The van der Waals surface area contributed by atoms with Crippen LogP contribution in [0.15, 0.2) is 0 Å².